The minimum Gasteiger partial charge on any atom is -0.369 e. The van der Waals surface area contributed by atoms with Crippen LogP contribution < -0.4 is 10.2 Å². The van der Waals surface area contributed by atoms with Gasteiger partial charge >= 0.3 is 0 Å². The molecule has 3 aliphatic rings. The predicted molar refractivity (Wildman–Crippen MR) is 142 cm³/mol. The van der Waals surface area contributed by atoms with E-state index >= 15 is 0 Å². The van der Waals surface area contributed by atoms with Crippen LogP contribution in [0.5, 0.6) is 0 Å². The van der Waals surface area contributed by atoms with Crippen molar-refractivity contribution in [2.24, 2.45) is 4.99 Å². The van der Waals surface area contributed by atoms with Crippen LogP contribution in [0.3, 0.4) is 0 Å². The normalized spacial score (nSPS) is 22.8. The maximum absolute atomic E-state index is 4.55. The van der Waals surface area contributed by atoms with Crippen molar-refractivity contribution >= 4 is 35.6 Å². The molecule has 6 nitrogen and oxygen atoms in total. The van der Waals surface area contributed by atoms with Crippen molar-refractivity contribution < 1.29 is 0 Å². The number of rotatable bonds is 5. The smallest absolute Gasteiger partial charge is 0.193 e. The van der Waals surface area contributed by atoms with Crippen molar-refractivity contribution in [1.82, 2.24) is 20.0 Å². The Bertz CT molecular complexity index is 763. The van der Waals surface area contributed by atoms with Crippen LogP contribution in [-0.2, 0) is 0 Å². The quantitative estimate of drug-likeness (QED) is 0.270. The summed E-state index contributed by atoms with van der Waals surface area (Å²) in [6.07, 6.45) is 5.81. The summed E-state index contributed by atoms with van der Waals surface area (Å²) >= 11 is 0. The minimum absolute atomic E-state index is 0. The average molecular weight is 539 g/mol. The number of hydrogen-bond donors (Lipinski definition) is 1. The van der Waals surface area contributed by atoms with Crippen LogP contribution in [0.15, 0.2) is 35.3 Å². The van der Waals surface area contributed by atoms with Crippen molar-refractivity contribution in [2.75, 3.05) is 77.4 Å². The van der Waals surface area contributed by atoms with Gasteiger partial charge in [-0.3, -0.25) is 14.8 Å². The van der Waals surface area contributed by atoms with E-state index in [2.05, 4.69) is 74.1 Å². The van der Waals surface area contributed by atoms with Gasteiger partial charge in [-0.05, 0) is 37.5 Å². The van der Waals surface area contributed by atoms with E-state index in [0.29, 0.717) is 6.04 Å². The van der Waals surface area contributed by atoms with Gasteiger partial charge in [0.05, 0.1) is 0 Å². The number of piperazine rings is 1. The first-order valence-corrected chi connectivity index (χ1v) is 11.5. The maximum atomic E-state index is 4.55. The fourth-order valence-electron chi connectivity index (χ4n) is 4.97. The Hall–Kier alpha value is -1.32. The van der Waals surface area contributed by atoms with Crippen molar-refractivity contribution in [2.45, 2.75) is 26.3 Å². The van der Waals surface area contributed by atoms with E-state index in [4.69, 9.17) is 0 Å². The molecule has 0 aliphatic carbocycles. The van der Waals surface area contributed by atoms with Gasteiger partial charge in [0.1, 0.15) is 0 Å². The number of hydrogen-bond acceptors (Lipinski definition) is 4. The van der Waals surface area contributed by atoms with E-state index in [1.807, 2.05) is 7.05 Å². The molecule has 1 atom stereocenters. The summed E-state index contributed by atoms with van der Waals surface area (Å²) in [5.41, 5.74) is 4.21. The molecular formula is C24H39IN6. The van der Waals surface area contributed by atoms with E-state index in [9.17, 15) is 0 Å². The van der Waals surface area contributed by atoms with Gasteiger partial charge in [0.25, 0.3) is 0 Å². The third-order valence-corrected chi connectivity index (χ3v) is 7.04. The number of nitrogens with zero attached hydrogens (tertiary/aromatic N) is 5. The zero-order valence-corrected chi connectivity index (χ0v) is 21.7. The number of aliphatic imine (C=N–C) groups is 1. The van der Waals surface area contributed by atoms with E-state index < -0.39 is 0 Å². The third-order valence-electron chi connectivity index (χ3n) is 7.04. The molecule has 1 N–H and O–H groups in total. The lowest BCUT2D eigenvalue weighted by Crippen LogP contribution is -2.50. The molecule has 2 saturated heterocycles. The number of anilines is 1. The van der Waals surface area contributed by atoms with Gasteiger partial charge < -0.3 is 15.1 Å². The number of aryl methyl sites for hydroxylation is 1. The van der Waals surface area contributed by atoms with Crippen LogP contribution in [-0.4, -0.2) is 99.2 Å². The highest BCUT2D eigenvalue weighted by atomic mass is 127. The van der Waals surface area contributed by atoms with E-state index in [-0.39, 0.29) is 24.0 Å². The first-order chi connectivity index (χ1) is 14.7. The lowest BCUT2D eigenvalue weighted by atomic mass is 10.1. The Kier molecular flexibility index (Phi) is 9.04. The molecule has 172 valence electrons. The Morgan fingerprint density at radius 3 is 2.52 bits per heavy atom. The highest BCUT2D eigenvalue weighted by molar-refractivity contribution is 14.0. The molecule has 4 rings (SSSR count). The number of guanidine groups is 1. The Balaban J connectivity index is 0.00000272. The lowest BCUT2D eigenvalue weighted by molar-refractivity contribution is 0.255. The molecule has 0 aromatic heterocycles. The highest BCUT2D eigenvalue weighted by Crippen LogP contribution is 2.23. The fourth-order valence-corrected chi connectivity index (χ4v) is 4.97. The van der Waals surface area contributed by atoms with Crippen molar-refractivity contribution in [3.63, 3.8) is 0 Å². The molecule has 1 unspecified atom stereocenters. The van der Waals surface area contributed by atoms with Crippen molar-refractivity contribution in [3.8, 4) is 0 Å². The van der Waals surface area contributed by atoms with E-state index in [0.717, 1.165) is 71.4 Å². The summed E-state index contributed by atoms with van der Waals surface area (Å²) in [6, 6.07) is 7.32. The molecule has 0 radical (unpaired) electrons. The number of halogens is 1. The van der Waals surface area contributed by atoms with Crippen LogP contribution in [0.1, 0.15) is 17.5 Å². The summed E-state index contributed by atoms with van der Waals surface area (Å²) in [7, 11) is 1.91. The van der Waals surface area contributed by atoms with Gasteiger partial charge in [0.15, 0.2) is 5.96 Å². The monoisotopic (exact) mass is 538 g/mol. The van der Waals surface area contributed by atoms with Gasteiger partial charge in [-0.2, -0.15) is 0 Å². The molecular weight excluding hydrogens is 499 g/mol. The Morgan fingerprint density at radius 2 is 1.81 bits per heavy atom. The molecule has 3 aliphatic heterocycles. The van der Waals surface area contributed by atoms with E-state index in [1.165, 1.54) is 23.2 Å². The second-order valence-corrected chi connectivity index (χ2v) is 8.84. The Morgan fingerprint density at radius 1 is 1.06 bits per heavy atom. The first kappa shape index (κ1) is 24.3. The molecule has 0 amide bonds. The highest BCUT2D eigenvalue weighted by Gasteiger charge is 2.29. The topological polar surface area (TPSA) is 37.4 Å². The first-order valence-electron chi connectivity index (χ1n) is 11.5. The van der Waals surface area contributed by atoms with Gasteiger partial charge in [0, 0.05) is 84.2 Å². The van der Waals surface area contributed by atoms with E-state index in [1.54, 1.807) is 0 Å². The molecule has 1 aromatic carbocycles. The summed E-state index contributed by atoms with van der Waals surface area (Å²) < 4.78 is 0. The van der Waals surface area contributed by atoms with Crippen LogP contribution in [0, 0.1) is 13.8 Å². The molecule has 0 bridgehead atoms. The summed E-state index contributed by atoms with van der Waals surface area (Å²) in [5, 5.41) is 3.62. The minimum atomic E-state index is 0. The zero-order chi connectivity index (χ0) is 20.9. The molecule has 7 heteroatoms. The summed E-state index contributed by atoms with van der Waals surface area (Å²) in [5.74, 6) is 1.07. The van der Waals surface area contributed by atoms with Crippen molar-refractivity contribution in [3.05, 3.63) is 41.5 Å². The summed E-state index contributed by atoms with van der Waals surface area (Å²) in [6.45, 7) is 15.4. The molecule has 3 heterocycles. The van der Waals surface area contributed by atoms with Crippen LogP contribution in [0.25, 0.3) is 0 Å². The lowest BCUT2D eigenvalue weighted by Gasteiger charge is -2.37. The SMILES string of the molecule is CN=C(NCCN1CCN(c2cccc(C)c2C)CC1)N1CCC(N2CC=CC2)C1.I. The Labute approximate surface area is 205 Å². The van der Waals surface area contributed by atoms with Gasteiger partial charge in [-0.15, -0.1) is 24.0 Å². The fraction of sp³-hybridized carbons (Fsp3) is 0.625. The predicted octanol–water partition coefficient (Wildman–Crippen LogP) is 2.56. The van der Waals surface area contributed by atoms with Crippen LogP contribution >= 0.6 is 24.0 Å². The third kappa shape index (κ3) is 5.93. The second kappa shape index (κ2) is 11.5. The number of likely N-dealkylation sites (tertiary alicyclic amines) is 1. The maximum Gasteiger partial charge on any atom is 0.193 e. The van der Waals surface area contributed by atoms with Crippen LogP contribution in [0.4, 0.5) is 5.69 Å². The average Bonchev–Trinajstić information content (AvgIpc) is 3.46. The number of nitrogens with one attached hydrogen (secondary N) is 1. The van der Waals surface area contributed by atoms with Gasteiger partial charge in [0.2, 0.25) is 0 Å². The second-order valence-electron chi connectivity index (χ2n) is 8.84. The molecule has 0 saturated carbocycles. The standard InChI is InChI=1S/C24H38N6.HI/c1-20-7-6-8-23(21(20)2)29-17-15-27(16-18-29)14-10-26-24(25-3)30-13-9-22(19-30)28-11-4-5-12-28;/h4-8,22H,9-19H2,1-3H3,(H,25,26);1H. The van der Waals surface area contributed by atoms with Crippen LogP contribution in [0.2, 0.25) is 0 Å². The molecule has 0 spiro atoms. The molecule has 1 aromatic rings. The van der Waals surface area contributed by atoms with Gasteiger partial charge in [-0.1, -0.05) is 24.3 Å². The molecule has 31 heavy (non-hydrogen) atoms. The largest absolute Gasteiger partial charge is 0.369 e. The number of benzene rings is 1. The van der Waals surface area contributed by atoms with Crippen molar-refractivity contribution in [1.29, 1.82) is 0 Å². The zero-order valence-electron chi connectivity index (χ0n) is 19.4. The van der Waals surface area contributed by atoms with Gasteiger partial charge in [-0.25, -0.2) is 0 Å². The molecule has 2 fully saturated rings. The summed E-state index contributed by atoms with van der Waals surface area (Å²) in [4.78, 5) is 14.7.